The van der Waals surface area contributed by atoms with Crippen LogP contribution in [0.15, 0.2) is 0 Å². The van der Waals surface area contributed by atoms with E-state index in [2.05, 4.69) is 39.9 Å². The molecule has 17 heavy (non-hydrogen) atoms. The first kappa shape index (κ1) is 16.9. The minimum absolute atomic E-state index is 0.341. The Labute approximate surface area is 109 Å². The van der Waals surface area contributed by atoms with Gasteiger partial charge in [0.05, 0.1) is 6.10 Å². The molecule has 1 N–H and O–H groups in total. The third kappa shape index (κ3) is 7.77. The quantitative estimate of drug-likeness (QED) is 0.629. The zero-order chi connectivity index (χ0) is 13.3. The first-order valence-corrected chi connectivity index (χ1v) is 7.29. The first-order valence-electron chi connectivity index (χ1n) is 7.29. The molecule has 2 nitrogen and oxygen atoms in total. The summed E-state index contributed by atoms with van der Waals surface area (Å²) in [5, 5.41) is 3.65. The molecule has 0 bridgehead atoms. The van der Waals surface area contributed by atoms with Crippen LogP contribution in [0.3, 0.4) is 0 Å². The van der Waals surface area contributed by atoms with Crippen LogP contribution in [-0.4, -0.2) is 25.8 Å². The van der Waals surface area contributed by atoms with E-state index < -0.39 is 0 Å². The number of methoxy groups -OCH3 is 1. The number of rotatable bonds is 10. The summed E-state index contributed by atoms with van der Waals surface area (Å²) >= 11 is 0. The van der Waals surface area contributed by atoms with Crippen molar-refractivity contribution in [3.05, 3.63) is 0 Å². The summed E-state index contributed by atoms with van der Waals surface area (Å²) < 4.78 is 5.67. The topological polar surface area (TPSA) is 21.3 Å². The molecule has 2 unspecified atom stereocenters. The summed E-state index contributed by atoms with van der Waals surface area (Å²) in [5.74, 6) is 1.38. The predicted molar refractivity (Wildman–Crippen MR) is 76.4 cm³/mol. The SMILES string of the molecule is CCCNC(CCCC(C)C)C(OC)C(C)C. The maximum atomic E-state index is 5.67. The van der Waals surface area contributed by atoms with E-state index >= 15 is 0 Å². The number of hydrogen-bond donors (Lipinski definition) is 1. The Balaban J connectivity index is 4.19. The molecule has 0 aliphatic carbocycles. The van der Waals surface area contributed by atoms with Crippen molar-refractivity contribution in [2.24, 2.45) is 11.8 Å². The molecule has 0 radical (unpaired) electrons. The lowest BCUT2D eigenvalue weighted by Gasteiger charge is -2.30. The van der Waals surface area contributed by atoms with E-state index in [1.54, 1.807) is 0 Å². The van der Waals surface area contributed by atoms with Crippen molar-refractivity contribution in [1.82, 2.24) is 5.32 Å². The maximum absolute atomic E-state index is 5.67. The second-order valence-electron chi connectivity index (χ2n) is 5.83. The highest BCUT2D eigenvalue weighted by Gasteiger charge is 2.23. The second-order valence-corrected chi connectivity index (χ2v) is 5.83. The van der Waals surface area contributed by atoms with Crippen LogP contribution in [0.1, 0.15) is 60.3 Å². The first-order chi connectivity index (χ1) is 8.02. The van der Waals surface area contributed by atoms with Gasteiger partial charge in [0.1, 0.15) is 0 Å². The van der Waals surface area contributed by atoms with Crippen LogP contribution in [-0.2, 0) is 4.74 Å². The van der Waals surface area contributed by atoms with Gasteiger partial charge in [-0.1, -0.05) is 47.5 Å². The van der Waals surface area contributed by atoms with Crippen LogP contribution in [0.4, 0.5) is 0 Å². The van der Waals surface area contributed by atoms with Crippen molar-refractivity contribution in [1.29, 1.82) is 0 Å². The fourth-order valence-corrected chi connectivity index (χ4v) is 2.36. The van der Waals surface area contributed by atoms with Gasteiger partial charge in [0.25, 0.3) is 0 Å². The van der Waals surface area contributed by atoms with Crippen molar-refractivity contribution in [3.63, 3.8) is 0 Å². The molecular formula is C15H33NO. The molecule has 0 heterocycles. The zero-order valence-electron chi connectivity index (χ0n) is 12.8. The molecule has 0 saturated carbocycles. The normalized spacial score (nSPS) is 15.5. The number of nitrogens with one attached hydrogen (secondary N) is 1. The van der Waals surface area contributed by atoms with Gasteiger partial charge in [-0.2, -0.15) is 0 Å². The lowest BCUT2D eigenvalue weighted by Crippen LogP contribution is -2.44. The van der Waals surface area contributed by atoms with Crippen LogP contribution in [0.5, 0.6) is 0 Å². The van der Waals surface area contributed by atoms with E-state index in [1.807, 2.05) is 7.11 Å². The van der Waals surface area contributed by atoms with E-state index in [-0.39, 0.29) is 0 Å². The van der Waals surface area contributed by atoms with Gasteiger partial charge in [0, 0.05) is 13.2 Å². The van der Waals surface area contributed by atoms with Gasteiger partial charge in [0.15, 0.2) is 0 Å². The van der Waals surface area contributed by atoms with Crippen LogP contribution < -0.4 is 5.32 Å². The smallest absolute Gasteiger partial charge is 0.0747 e. The molecule has 2 atom stereocenters. The summed E-state index contributed by atoms with van der Waals surface area (Å²) in [7, 11) is 1.84. The summed E-state index contributed by atoms with van der Waals surface area (Å²) in [5.41, 5.74) is 0. The lowest BCUT2D eigenvalue weighted by atomic mass is 9.93. The predicted octanol–water partition coefficient (Wildman–Crippen LogP) is 3.85. The van der Waals surface area contributed by atoms with E-state index in [0.717, 1.165) is 12.5 Å². The average Bonchev–Trinajstić information content (AvgIpc) is 2.25. The maximum Gasteiger partial charge on any atom is 0.0747 e. The average molecular weight is 243 g/mol. The summed E-state index contributed by atoms with van der Waals surface area (Å²) in [6, 6.07) is 0.513. The van der Waals surface area contributed by atoms with Crippen LogP contribution in [0, 0.1) is 11.8 Å². The van der Waals surface area contributed by atoms with Crippen molar-refractivity contribution in [2.75, 3.05) is 13.7 Å². The van der Waals surface area contributed by atoms with Crippen molar-refractivity contribution in [3.8, 4) is 0 Å². The molecule has 0 spiro atoms. The van der Waals surface area contributed by atoms with E-state index in [1.165, 1.54) is 25.7 Å². The van der Waals surface area contributed by atoms with Crippen LogP contribution in [0.2, 0.25) is 0 Å². The summed E-state index contributed by atoms with van der Waals surface area (Å²) in [6.45, 7) is 12.4. The Morgan fingerprint density at radius 2 is 1.71 bits per heavy atom. The Hall–Kier alpha value is -0.0800. The second kappa shape index (κ2) is 9.90. The molecule has 2 heteroatoms. The minimum atomic E-state index is 0.341. The van der Waals surface area contributed by atoms with Crippen LogP contribution in [0.25, 0.3) is 0 Å². The van der Waals surface area contributed by atoms with Crippen LogP contribution >= 0.6 is 0 Å². The van der Waals surface area contributed by atoms with Gasteiger partial charge in [0.2, 0.25) is 0 Å². The van der Waals surface area contributed by atoms with Gasteiger partial charge in [-0.25, -0.2) is 0 Å². The van der Waals surface area contributed by atoms with E-state index in [0.29, 0.717) is 18.1 Å². The third-order valence-corrected chi connectivity index (χ3v) is 3.28. The fraction of sp³-hybridized carbons (Fsp3) is 1.00. The van der Waals surface area contributed by atoms with Crippen molar-refractivity contribution < 1.29 is 4.74 Å². The molecule has 104 valence electrons. The highest BCUT2D eigenvalue weighted by molar-refractivity contribution is 4.79. The van der Waals surface area contributed by atoms with Crippen molar-refractivity contribution in [2.45, 2.75) is 72.4 Å². The summed E-state index contributed by atoms with van der Waals surface area (Å²) in [6.07, 6.45) is 5.38. The van der Waals surface area contributed by atoms with Gasteiger partial charge < -0.3 is 10.1 Å². The molecule has 0 aromatic rings. The van der Waals surface area contributed by atoms with E-state index in [9.17, 15) is 0 Å². The number of ether oxygens (including phenoxy) is 1. The number of hydrogen-bond acceptors (Lipinski definition) is 2. The fourth-order valence-electron chi connectivity index (χ4n) is 2.36. The minimum Gasteiger partial charge on any atom is -0.380 e. The summed E-state index contributed by atoms with van der Waals surface area (Å²) in [4.78, 5) is 0. The molecule has 0 rings (SSSR count). The molecule has 0 saturated heterocycles. The van der Waals surface area contributed by atoms with E-state index in [4.69, 9.17) is 4.74 Å². The molecule has 0 aromatic heterocycles. The zero-order valence-corrected chi connectivity index (χ0v) is 12.8. The Morgan fingerprint density at radius 1 is 1.06 bits per heavy atom. The molecular weight excluding hydrogens is 210 g/mol. The van der Waals surface area contributed by atoms with Gasteiger partial charge in [-0.3, -0.25) is 0 Å². The van der Waals surface area contributed by atoms with Gasteiger partial charge in [-0.15, -0.1) is 0 Å². The molecule has 0 aromatic carbocycles. The Bertz CT molecular complexity index is 168. The largest absolute Gasteiger partial charge is 0.380 e. The van der Waals surface area contributed by atoms with Crippen molar-refractivity contribution >= 4 is 0 Å². The molecule has 0 fully saturated rings. The third-order valence-electron chi connectivity index (χ3n) is 3.28. The van der Waals surface area contributed by atoms with Gasteiger partial charge in [-0.05, 0) is 31.2 Å². The Morgan fingerprint density at radius 3 is 2.12 bits per heavy atom. The highest BCUT2D eigenvalue weighted by atomic mass is 16.5. The monoisotopic (exact) mass is 243 g/mol. The Kier molecular flexibility index (Phi) is 9.85. The standard InChI is InChI=1S/C15H33NO/c1-7-11-16-14(10-8-9-12(2)3)15(17-6)13(4)5/h12-16H,7-11H2,1-6H3. The lowest BCUT2D eigenvalue weighted by molar-refractivity contribution is 0.0298. The van der Waals surface area contributed by atoms with Gasteiger partial charge >= 0.3 is 0 Å². The molecule has 0 aliphatic heterocycles. The highest BCUT2D eigenvalue weighted by Crippen LogP contribution is 2.17. The molecule has 0 amide bonds. The molecule has 0 aliphatic rings.